The summed E-state index contributed by atoms with van der Waals surface area (Å²) >= 11 is 0. The van der Waals surface area contributed by atoms with E-state index in [1.54, 1.807) is 4.98 Å². The van der Waals surface area contributed by atoms with Crippen molar-refractivity contribution < 1.29 is 13.5 Å². The Balaban J connectivity index is 3.24. The van der Waals surface area contributed by atoms with Gasteiger partial charge in [0.1, 0.15) is 0 Å². The molecule has 0 radical (unpaired) electrons. The van der Waals surface area contributed by atoms with Gasteiger partial charge in [0.25, 0.3) is 5.56 Å². The van der Waals surface area contributed by atoms with Gasteiger partial charge in [-0.2, -0.15) is 0 Å². The Labute approximate surface area is 96.8 Å². The van der Waals surface area contributed by atoms with Crippen LogP contribution in [-0.4, -0.2) is 35.6 Å². The van der Waals surface area contributed by atoms with E-state index in [-0.39, 0.29) is 0 Å². The highest BCUT2D eigenvalue weighted by atomic mass is 32.2. The van der Waals surface area contributed by atoms with E-state index in [1.165, 1.54) is 13.8 Å². The summed E-state index contributed by atoms with van der Waals surface area (Å²) in [4.78, 5) is 25.3. The Hall–Kier alpha value is -1.45. The molecular weight excluding hydrogens is 250 g/mol. The second-order valence-corrected chi connectivity index (χ2v) is 5.73. The Morgan fingerprint density at radius 2 is 2.00 bits per heavy atom. The van der Waals surface area contributed by atoms with Crippen LogP contribution in [0.1, 0.15) is 13.8 Å². The summed E-state index contributed by atoms with van der Waals surface area (Å²) in [5.41, 5.74) is -2.92. The molecule has 8 nitrogen and oxygen atoms in total. The number of nitrogens with one attached hydrogen (secondary N) is 3. The molecule has 1 heterocycles. The number of sulfonamides is 1. The van der Waals surface area contributed by atoms with Gasteiger partial charge in [0.05, 0.1) is 12.1 Å². The normalized spacial score (nSPS) is 12.6. The molecule has 1 aromatic heterocycles. The third-order valence-corrected chi connectivity index (χ3v) is 3.58. The summed E-state index contributed by atoms with van der Waals surface area (Å²) < 4.78 is 25.7. The average molecular weight is 263 g/mol. The van der Waals surface area contributed by atoms with Gasteiger partial charge in [0, 0.05) is 6.20 Å². The maximum absolute atomic E-state index is 11.8. The molecule has 17 heavy (non-hydrogen) atoms. The lowest BCUT2D eigenvalue weighted by Crippen LogP contribution is -2.47. The SMILES string of the molecule is CC(C)(CO)NS(=O)(=O)c1c[nH]c(=O)[nH]c1=O. The summed E-state index contributed by atoms with van der Waals surface area (Å²) in [6, 6.07) is 0. The first kappa shape index (κ1) is 13.6. The summed E-state index contributed by atoms with van der Waals surface area (Å²) in [7, 11) is -4.10. The molecule has 0 saturated heterocycles. The van der Waals surface area contributed by atoms with Gasteiger partial charge in [0.15, 0.2) is 4.90 Å². The molecule has 0 bridgehead atoms. The van der Waals surface area contributed by atoms with Crippen LogP contribution >= 0.6 is 0 Å². The van der Waals surface area contributed by atoms with Crippen molar-refractivity contribution in [3.05, 3.63) is 27.0 Å². The van der Waals surface area contributed by atoms with E-state index in [4.69, 9.17) is 5.11 Å². The zero-order chi connectivity index (χ0) is 13.3. The van der Waals surface area contributed by atoms with Gasteiger partial charge in [-0.1, -0.05) is 0 Å². The molecule has 1 rings (SSSR count). The van der Waals surface area contributed by atoms with Crippen LogP contribution in [0, 0.1) is 0 Å². The Morgan fingerprint density at radius 1 is 1.41 bits per heavy atom. The molecule has 0 spiro atoms. The molecule has 96 valence electrons. The fourth-order valence-corrected chi connectivity index (χ4v) is 2.46. The first-order valence-electron chi connectivity index (χ1n) is 4.65. The van der Waals surface area contributed by atoms with Gasteiger partial charge in [-0.05, 0) is 13.8 Å². The standard InChI is InChI=1S/C8H13N3O5S/c1-8(2,4-12)11-17(15,16)5-3-9-7(14)10-6(5)13/h3,11-12H,4H2,1-2H3,(H2,9,10,13,14). The molecular formula is C8H13N3O5S. The third kappa shape index (κ3) is 3.25. The van der Waals surface area contributed by atoms with E-state index in [0.717, 1.165) is 6.20 Å². The lowest BCUT2D eigenvalue weighted by molar-refractivity contribution is 0.208. The number of aliphatic hydroxyl groups is 1. The van der Waals surface area contributed by atoms with E-state index >= 15 is 0 Å². The first-order valence-corrected chi connectivity index (χ1v) is 6.13. The van der Waals surface area contributed by atoms with Crippen molar-refractivity contribution >= 4 is 10.0 Å². The molecule has 0 fully saturated rings. The van der Waals surface area contributed by atoms with Gasteiger partial charge >= 0.3 is 5.69 Å². The Kier molecular flexibility index (Phi) is 3.55. The molecule has 0 aliphatic carbocycles. The van der Waals surface area contributed by atoms with Gasteiger partial charge in [-0.15, -0.1) is 0 Å². The molecule has 9 heteroatoms. The van der Waals surface area contributed by atoms with Gasteiger partial charge in [-0.3, -0.25) is 9.78 Å². The molecule has 0 unspecified atom stereocenters. The number of hydrogen-bond acceptors (Lipinski definition) is 5. The number of rotatable bonds is 4. The molecule has 0 aliphatic rings. The number of aromatic nitrogens is 2. The molecule has 4 N–H and O–H groups in total. The fourth-order valence-electron chi connectivity index (χ4n) is 1.05. The fraction of sp³-hybridized carbons (Fsp3) is 0.500. The van der Waals surface area contributed by atoms with Crippen LogP contribution in [0.25, 0.3) is 0 Å². The second-order valence-electron chi connectivity index (χ2n) is 4.08. The van der Waals surface area contributed by atoms with Gasteiger partial charge in [0.2, 0.25) is 10.0 Å². The molecule has 0 aromatic carbocycles. The van der Waals surface area contributed by atoms with E-state index < -0.39 is 38.3 Å². The van der Waals surface area contributed by atoms with Crippen molar-refractivity contribution in [2.75, 3.05) is 6.61 Å². The summed E-state index contributed by atoms with van der Waals surface area (Å²) in [5, 5.41) is 8.95. The highest BCUT2D eigenvalue weighted by Gasteiger charge is 2.27. The summed E-state index contributed by atoms with van der Waals surface area (Å²) in [6.45, 7) is 2.46. The average Bonchev–Trinajstić information content (AvgIpc) is 2.15. The number of hydrogen-bond donors (Lipinski definition) is 4. The summed E-state index contributed by atoms with van der Waals surface area (Å²) in [6.07, 6.45) is 0.803. The predicted molar refractivity (Wildman–Crippen MR) is 59.2 cm³/mol. The molecule has 0 saturated carbocycles. The minimum Gasteiger partial charge on any atom is -0.394 e. The molecule has 1 aromatic rings. The maximum atomic E-state index is 11.8. The van der Waals surface area contributed by atoms with E-state index in [0.29, 0.717) is 0 Å². The van der Waals surface area contributed by atoms with Crippen LogP contribution in [0.4, 0.5) is 0 Å². The van der Waals surface area contributed by atoms with E-state index in [2.05, 4.69) is 9.71 Å². The van der Waals surface area contributed by atoms with Crippen LogP contribution in [0.5, 0.6) is 0 Å². The van der Waals surface area contributed by atoms with Crippen molar-refractivity contribution in [3.63, 3.8) is 0 Å². The van der Waals surface area contributed by atoms with Crippen LogP contribution < -0.4 is 16.0 Å². The molecule has 0 atom stereocenters. The minimum absolute atomic E-state index is 0.437. The van der Waals surface area contributed by atoms with Gasteiger partial charge in [-0.25, -0.2) is 17.9 Å². The van der Waals surface area contributed by atoms with E-state index in [1.807, 2.05) is 0 Å². The predicted octanol–water partition coefficient (Wildman–Crippen LogP) is -1.89. The maximum Gasteiger partial charge on any atom is 0.325 e. The number of H-pyrrole nitrogens is 2. The number of aromatic amines is 2. The van der Waals surface area contributed by atoms with Crippen molar-refractivity contribution in [1.29, 1.82) is 0 Å². The van der Waals surface area contributed by atoms with Crippen LogP contribution in [0.3, 0.4) is 0 Å². The zero-order valence-corrected chi connectivity index (χ0v) is 10.1. The molecule has 0 amide bonds. The second kappa shape index (κ2) is 4.43. The number of aliphatic hydroxyl groups excluding tert-OH is 1. The van der Waals surface area contributed by atoms with Gasteiger partial charge < -0.3 is 10.1 Å². The topological polar surface area (TPSA) is 132 Å². The quantitative estimate of drug-likeness (QED) is 0.504. The highest BCUT2D eigenvalue weighted by molar-refractivity contribution is 7.89. The lowest BCUT2D eigenvalue weighted by Gasteiger charge is -2.22. The van der Waals surface area contributed by atoms with Crippen molar-refractivity contribution in [2.24, 2.45) is 0 Å². The highest BCUT2D eigenvalue weighted by Crippen LogP contribution is 2.07. The van der Waals surface area contributed by atoms with Crippen LogP contribution in [0.15, 0.2) is 20.7 Å². The van der Waals surface area contributed by atoms with Crippen molar-refractivity contribution in [2.45, 2.75) is 24.3 Å². The zero-order valence-electron chi connectivity index (χ0n) is 9.27. The minimum atomic E-state index is -4.10. The van der Waals surface area contributed by atoms with E-state index in [9.17, 15) is 18.0 Å². The van der Waals surface area contributed by atoms with Crippen molar-refractivity contribution in [3.8, 4) is 0 Å². The largest absolute Gasteiger partial charge is 0.394 e. The summed E-state index contributed by atoms with van der Waals surface area (Å²) in [5.74, 6) is 0. The lowest BCUT2D eigenvalue weighted by atomic mass is 10.1. The monoisotopic (exact) mass is 263 g/mol. The van der Waals surface area contributed by atoms with Crippen LogP contribution in [-0.2, 0) is 10.0 Å². The first-order chi connectivity index (χ1) is 7.68. The van der Waals surface area contributed by atoms with Crippen LogP contribution in [0.2, 0.25) is 0 Å². The third-order valence-electron chi connectivity index (χ3n) is 1.88. The molecule has 0 aliphatic heterocycles. The van der Waals surface area contributed by atoms with Crippen molar-refractivity contribution in [1.82, 2.24) is 14.7 Å². The Bertz CT molecular complexity index is 613. The smallest absolute Gasteiger partial charge is 0.325 e. The Morgan fingerprint density at radius 3 is 2.47 bits per heavy atom.